The lowest BCUT2D eigenvalue weighted by atomic mass is 10.1. The van der Waals surface area contributed by atoms with Crippen molar-refractivity contribution >= 4 is 27.5 Å². The van der Waals surface area contributed by atoms with E-state index >= 15 is 0 Å². The van der Waals surface area contributed by atoms with Crippen molar-refractivity contribution in [2.75, 3.05) is 13.1 Å². The van der Waals surface area contributed by atoms with Crippen LogP contribution in [0.15, 0.2) is 17.6 Å². The average molecular weight is 264 g/mol. The molecule has 0 aromatic carbocycles. The van der Waals surface area contributed by atoms with Crippen LogP contribution in [0, 0.1) is 0 Å². The number of likely N-dealkylation sites (N-methyl/N-ethyl adjacent to an activating group) is 1. The molecule has 0 amide bonds. The van der Waals surface area contributed by atoms with Crippen molar-refractivity contribution in [3.63, 3.8) is 0 Å². The summed E-state index contributed by atoms with van der Waals surface area (Å²) in [6.45, 7) is 5.36. The normalized spacial score (nSPS) is 10.8. The zero-order valence-electron chi connectivity index (χ0n) is 10.5. The average Bonchev–Trinajstić information content (AvgIpc) is 2.73. The van der Waals surface area contributed by atoms with E-state index in [1.54, 1.807) is 23.6 Å². The first-order valence-electron chi connectivity index (χ1n) is 5.96. The van der Waals surface area contributed by atoms with Gasteiger partial charge in [0.15, 0.2) is 0 Å². The number of thiophene rings is 1. The molecule has 2 aromatic rings. The zero-order chi connectivity index (χ0) is 13.0. The molecule has 2 rings (SSSR count). The minimum Gasteiger partial charge on any atom is -0.426 e. The van der Waals surface area contributed by atoms with Gasteiger partial charge in [-0.2, -0.15) is 0 Å². The Bertz CT molecular complexity index is 551. The van der Waals surface area contributed by atoms with Crippen molar-refractivity contribution in [3.8, 4) is 5.75 Å². The first kappa shape index (κ1) is 13.0. The van der Waals surface area contributed by atoms with Crippen molar-refractivity contribution in [1.29, 1.82) is 0 Å². The highest BCUT2D eigenvalue weighted by Crippen LogP contribution is 2.32. The van der Waals surface area contributed by atoms with Gasteiger partial charge in [-0.15, -0.1) is 11.3 Å². The summed E-state index contributed by atoms with van der Waals surface area (Å²) in [6.07, 6.45) is 2.58. The smallest absolute Gasteiger partial charge is 0.308 e. The predicted molar refractivity (Wildman–Crippen MR) is 73.2 cm³/mol. The zero-order valence-corrected chi connectivity index (χ0v) is 11.3. The van der Waals surface area contributed by atoms with Gasteiger partial charge in [-0.3, -0.25) is 4.79 Å². The van der Waals surface area contributed by atoms with Crippen molar-refractivity contribution in [3.05, 3.63) is 23.2 Å². The molecule has 5 heteroatoms. The summed E-state index contributed by atoms with van der Waals surface area (Å²) in [5.74, 6) is 0.312. The molecule has 0 saturated carbocycles. The third-order valence-electron chi connectivity index (χ3n) is 2.59. The number of nitrogens with one attached hydrogen (secondary N) is 1. The molecule has 0 saturated heterocycles. The molecule has 0 radical (unpaired) electrons. The summed E-state index contributed by atoms with van der Waals surface area (Å²) in [7, 11) is 0. The van der Waals surface area contributed by atoms with Crippen molar-refractivity contribution in [1.82, 2.24) is 10.3 Å². The molecule has 18 heavy (non-hydrogen) atoms. The van der Waals surface area contributed by atoms with Crippen LogP contribution in [0.1, 0.15) is 19.4 Å². The number of hydrogen-bond donors (Lipinski definition) is 1. The van der Waals surface area contributed by atoms with Crippen molar-refractivity contribution in [2.24, 2.45) is 0 Å². The predicted octanol–water partition coefficient (Wildman–Crippen LogP) is 2.37. The lowest BCUT2D eigenvalue weighted by Gasteiger charge is -2.05. The number of carbonyl (C=O) groups is 1. The fourth-order valence-corrected chi connectivity index (χ4v) is 2.78. The van der Waals surface area contributed by atoms with Gasteiger partial charge in [0.25, 0.3) is 0 Å². The Morgan fingerprint density at radius 3 is 3.11 bits per heavy atom. The van der Waals surface area contributed by atoms with Gasteiger partial charge in [-0.25, -0.2) is 4.98 Å². The highest BCUT2D eigenvalue weighted by molar-refractivity contribution is 7.17. The SMILES string of the molecule is CCNCCc1csc2nccc(OC(C)=O)c12. The minimum absolute atomic E-state index is 0.300. The van der Waals surface area contributed by atoms with Gasteiger partial charge in [0.05, 0.1) is 5.39 Å². The fraction of sp³-hybridized carbons (Fsp3) is 0.385. The summed E-state index contributed by atoms with van der Waals surface area (Å²) < 4.78 is 5.24. The molecule has 96 valence electrons. The Morgan fingerprint density at radius 1 is 1.56 bits per heavy atom. The monoisotopic (exact) mass is 264 g/mol. The van der Waals surface area contributed by atoms with E-state index in [1.807, 2.05) is 0 Å². The largest absolute Gasteiger partial charge is 0.426 e. The van der Waals surface area contributed by atoms with Crippen LogP contribution in [-0.2, 0) is 11.2 Å². The first-order chi connectivity index (χ1) is 8.72. The van der Waals surface area contributed by atoms with Crippen molar-refractivity contribution in [2.45, 2.75) is 20.3 Å². The van der Waals surface area contributed by atoms with Gasteiger partial charge < -0.3 is 10.1 Å². The van der Waals surface area contributed by atoms with Crippen LogP contribution in [0.2, 0.25) is 0 Å². The molecule has 0 spiro atoms. The molecule has 0 atom stereocenters. The topological polar surface area (TPSA) is 51.2 Å². The van der Waals surface area contributed by atoms with Crippen LogP contribution < -0.4 is 10.1 Å². The third kappa shape index (κ3) is 2.86. The highest BCUT2D eigenvalue weighted by Gasteiger charge is 2.12. The number of rotatable bonds is 5. The van der Waals surface area contributed by atoms with Gasteiger partial charge in [0.1, 0.15) is 10.6 Å². The highest BCUT2D eigenvalue weighted by atomic mass is 32.1. The second-order valence-corrected chi connectivity index (χ2v) is 4.81. The van der Waals surface area contributed by atoms with E-state index in [9.17, 15) is 4.79 Å². The number of ether oxygens (including phenoxy) is 1. The van der Waals surface area contributed by atoms with Crippen LogP contribution >= 0.6 is 11.3 Å². The van der Waals surface area contributed by atoms with Gasteiger partial charge in [-0.05, 0) is 36.5 Å². The number of hydrogen-bond acceptors (Lipinski definition) is 5. The van der Waals surface area contributed by atoms with Crippen molar-refractivity contribution < 1.29 is 9.53 Å². The molecular weight excluding hydrogens is 248 g/mol. The molecule has 1 N–H and O–H groups in total. The van der Waals surface area contributed by atoms with E-state index in [1.165, 1.54) is 12.5 Å². The number of fused-ring (bicyclic) bond motifs is 1. The van der Waals surface area contributed by atoms with E-state index in [4.69, 9.17) is 4.74 Å². The summed E-state index contributed by atoms with van der Waals surface area (Å²) in [6, 6.07) is 1.74. The van der Waals surface area contributed by atoms with Crippen LogP contribution in [0.25, 0.3) is 10.2 Å². The molecule has 0 bridgehead atoms. The van der Waals surface area contributed by atoms with Crippen LogP contribution in [-0.4, -0.2) is 24.0 Å². The Morgan fingerprint density at radius 2 is 2.39 bits per heavy atom. The van der Waals surface area contributed by atoms with Gasteiger partial charge >= 0.3 is 5.97 Å². The third-order valence-corrected chi connectivity index (χ3v) is 3.52. The number of esters is 1. The Balaban J connectivity index is 2.32. The maximum Gasteiger partial charge on any atom is 0.308 e. The molecular formula is C13H16N2O2S. The fourth-order valence-electron chi connectivity index (χ4n) is 1.82. The number of pyridine rings is 1. The minimum atomic E-state index is -0.300. The van der Waals surface area contributed by atoms with E-state index < -0.39 is 0 Å². The maximum atomic E-state index is 11.1. The van der Waals surface area contributed by atoms with E-state index in [0.717, 1.165) is 29.7 Å². The molecule has 0 unspecified atom stereocenters. The Hall–Kier alpha value is -1.46. The Kier molecular flexibility index (Phi) is 4.28. The molecule has 0 aliphatic heterocycles. The van der Waals surface area contributed by atoms with Gasteiger partial charge in [0, 0.05) is 13.1 Å². The summed E-state index contributed by atoms with van der Waals surface area (Å²) >= 11 is 1.58. The lowest BCUT2D eigenvalue weighted by Crippen LogP contribution is -2.15. The first-order valence-corrected chi connectivity index (χ1v) is 6.84. The quantitative estimate of drug-likeness (QED) is 0.665. The van der Waals surface area contributed by atoms with E-state index in [2.05, 4.69) is 22.6 Å². The molecule has 2 heterocycles. The second kappa shape index (κ2) is 5.93. The van der Waals surface area contributed by atoms with E-state index in [0.29, 0.717) is 5.75 Å². The number of aromatic nitrogens is 1. The molecule has 0 fully saturated rings. The summed E-state index contributed by atoms with van der Waals surface area (Å²) in [5.41, 5.74) is 1.18. The Labute approximate surface area is 110 Å². The molecule has 0 aliphatic rings. The lowest BCUT2D eigenvalue weighted by molar-refractivity contribution is -0.131. The maximum absolute atomic E-state index is 11.1. The summed E-state index contributed by atoms with van der Waals surface area (Å²) in [4.78, 5) is 16.3. The number of carbonyl (C=O) groups excluding carboxylic acids is 1. The van der Waals surface area contributed by atoms with Crippen LogP contribution in [0.3, 0.4) is 0 Å². The standard InChI is InChI=1S/C13H16N2O2S/c1-3-14-6-4-10-8-18-13-12(10)11(5-7-15-13)17-9(2)16/h5,7-8,14H,3-4,6H2,1-2H3. The number of nitrogens with zero attached hydrogens (tertiary/aromatic N) is 1. The molecule has 4 nitrogen and oxygen atoms in total. The van der Waals surface area contributed by atoms with Crippen LogP contribution in [0.4, 0.5) is 0 Å². The second-order valence-electron chi connectivity index (χ2n) is 3.95. The molecule has 2 aromatic heterocycles. The van der Waals surface area contributed by atoms with Gasteiger partial charge in [0.2, 0.25) is 0 Å². The van der Waals surface area contributed by atoms with Crippen LogP contribution in [0.5, 0.6) is 5.75 Å². The van der Waals surface area contributed by atoms with Gasteiger partial charge in [-0.1, -0.05) is 6.92 Å². The summed E-state index contributed by atoms with van der Waals surface area (Å²) in [5, 5.41) is 6.34. The molecule has 0 aliphatic carbocycles. The van der Waals surface area contributed by atoms with E-state index in [-0.39, 0.29) is 5.97 Å².